The van der Waals surface area contributed by atoms with Crippen LogP contribution in [0.4, 0.5) is 0 Å². The molecule has 130 valence electrons. The fourth-order valence-electron chi connectivity index (χ4n) is 1.92. The van der Waals surface area contributed by atoms with Crippen LogP contribution in [0.1, 0.15) is 18.6 Å². The van der Waals surface area contributed by atoms with Crippen LogP contribution in [-0.2, 0) is 0 Å². The van der Waals surface area contributed by atoms with Gasteiger partial charge >= 0.3 is 0 Å². The number of hydrogen-bond donors (Lipinski definition) is 3. The average Bonchev–Trinajstić information content (AvgIpc) is 2.58. The van der Waals surface area contributed by atoms with Crippen molar-refractivity contribution in [2.75, 3.05) is 45.9 Å². The quantitative estimate of drug-likeness (QED) is 0.360. The third kappa shape index (κ3) is 7.00. The lowest BCUT2D eigenvalue weighted by atomic mass is 10.1. The van der Waals surface area contributed by atoms with Gasteiger partial charge in [-0.15, -0.1) is 0 Å². The molecule has 6 nitrogen and oxygen atoms in total. The molecule has 0 amide bonds. The number of thioether (sulfide) groups is 1. The van der Waals surface area contributed by atoms with Crippen molar-refractivity contribution in [1.29, 1.82) is 0 Å². The molecule has 7 heteroatoms. The molecule has 0 fully saturated rings. The highest BCUT2D eigenvalue weighted by Gasteiger charge is 2.11. The summed E-state index contributed by atoms with van der Waals surface area (Å²) >= 11 is 1.77. The fourth-order valence-corrected chi connectivity index (χ4v) is 2.22. The molecule has 0 spiro atoms. The Morgan fingerprint density at radius 3 is 2.39 bits per heavy atom. The number of aliphatic hydroxyl groups is 1. The number of nitrogens with one attached hydrogen (secondary N) is 2. The minimum atomic E-state index is -0.727. The minimum absolute atomic E-state index is 0.255. The summed E-state index contributed by atoms with van der Waals surface area (Å²) in [5, 5.41) is 16.8. The number of nitrogens with zero attached hydrogens (tertiary/aromatic N) is 1. The lowest BCUT2D eigenvalue weighted by molar-refractivity contribution is 0.186. The lowest BCUT2D eigenvalue weighted by Crippen LogP contribution is -2.38. The van der Waals surface area contributed by atoms with Crippen LogP contribution >= 0.6 is 11.8 Å². The topological polar surface area (TPSA) is 75.1 Å². The van der Waals surface area contributed by atoms with E-state index in [1.54, 1.807) is 44.2 Å². The molecule has 1 aromatic rings. The number of benzene rings is 1. The third-order valence-corrected chi connectivity index (χ3v) is 3.74. The van der Waals surface area contributed by atoms with Crippen LogP contribution in [0.15, 0.2) is 23.2 Å². The summed E-state index contributed by atoms with van der Waals surface area (Å²) in [6.07, 6.45) is 1.33. The second-order valence-corrected chi connectivity index (χ2v) is 5.79. The zero-order chi connectivity index (χ0) is 17.1. The molecule has 0 aliphatic carbocycles. The van der Waals surface area contributed by atoms with Gasteiger partial charge in [-0.05, 0) is 30.9 Å². The minimum Gasteiger partial charge on any atom is -0.497 e. The maximum absolute atomic E-state index is 10.4. The van der Waals surface area contributed by atoms with Gasteiger partial charge in [-0.2, -0.15) is 11.8 Å². The molecule has 0 saturated heterocycles. The van der Waals surface area contributed by atoms with Gasteiger partial charge in [0.2, 0.25) is 0 Å². The van der Waals surface area contributed by atoms with Gasteiger partial charge in [0, 0.05) is 24.9 Å². The van der Waals surface area contributed by atoms with E-state index in [1.165, 1.54) is 0 Å². The molecule has 0 radical (unpaired) electrons. The van der Waals surface area contributed by atoms with Gasteiger partial charge in [0.1, 0.15) is 11.5 Å². The number of methoxy groups -OCH3 is 2. The Morgan fingerprint density at radius 1 is 1.22 bits per heavy atom. The van der Waals surface area contributed by atoms with Gasteiger partial charge in [0.05, 0.1) is 26.9 Å². The largest absolute Gasteiger partial charge is 0.497 e. The predicted octanol–water partition coefficient (Wildman–Crippen LogP) is 1.66. The summed E-state index contributed by atoms with van der Waals surface area (Å²) in [5.41, 5.74) is 0.713. The normalized spacial score (nSPS) is 12.7. The molecular formula is C16H27N3O3S. The Morgan fingerprint density at radius 2 is 1.87 bits per heavy atom. The van der Waals surface area contributed by atoms with Crippen LogP contribution < -0.4 is 20.1 Å². The van der Waals surface area contributed by atoms with Crippen molar-refractivity contribution in [3.8, 4) is 11.5 Å². The molecule has 0 saturated carbocycles. The Hall–Kier alpha value is -1.60. The predicted molar refractivity (Wildman–Crippen MR) is 96.9 cm³/mol. The summed E-state index contributed by atoms with van der Waals surface area (Å²) < 4.78 is 10.4. The molecule has 3 N–H and O–H groups in total. The Bertz CT molecular complexity index is 475. The molecule has 1 rings (SSSR count). The van der Waals surface area contributed by atoms with E-state index in [4.69, 9.17) is 9.47 Å². The molecular weight excluding hydrogens is 314 g/mol. The first kappa shape index (κ1) is 19.4. The standard InChI is InChI=1S/C16H27N3O3S/c1-5-17-16(18-6-7-23-4)19-11-15(20)12-8-13(21-2)10-14(9-12)22-3/h8-10,15,20H,5-7,11H2,1-4H3,(H2,17,18,19). The zero-order valence-corrected chi connectivity index (χ0v) is 15.1. The smallest absolute Gasteiger partial charge is 0.191 e. The molecule has 0 bridgehead atoms. The second kappa shape index (κ2) is 11.0. The number of aliphatic hydroxyl groups excluding tert-OH is 1. The van der Waals surface area contributed by atoms with E-state index in [0.29, 0.717) is 23.0 Å². The van der Waals surface area contributed by atoms with Crippen LogP contribution in [-0.4, -0.2) is 56.9 Å². The van der Waals surface area contributed by atoms with Gasteiger partial charge < -0.3 is 25.2 Å². The van der Waals surface area contributed by atoms with Crippen molar-refractivity contribution >= 4 is 17.7 Å². The average molecular weight is 341 g/mol. The Balaban J connectivity index is 2.75. The van der Waals surface area contributed by atoms with Gasteiger partial charge in [-0.1, -0.05) is 0 Å². The fraction of sp³-hybridized carbons (Fsp3) is 0.562. The number of guanidine groups is 1. The molecule has 1 aromatic carbocycles. The first-order chi connectivity index (χ1) is 11.1. The van der Waals surface area contributed by atoms with Gasteiger partial charge in [-0.3, -0.25) is 4.99 Å². The summed E-state index contributed by atoms with van der Waals surface area (Å²) in [6.45, 7) is 3.87. The first-order valence-corrected chi connectivity index (χ1v) is 8.96. The van der Waals surface area contributed by atoms with Gasteiger partial charge in [-0.25, -0.2) is 0 Å². The maximum Gasteiger partial charge on any atom is 0.191 e. The van der Waals surface area contributed by atoms with E-state index in [9.17, 15) is 5.11 Å². The Labute approximate surface area is 142 Å². The summed E-state index contributed by atoms with van der Waals surface area (Å²) in [4.78, 5) is 4.43. The monoisotopic (exact) mass is 341 g/mol. The molecule has 1 atom stereocenters. The highest BCUT2D eigenvalue weighted by Crippen LogP contribution is 2.26. The van der Waals surface area contributed by atoms with E-state index >= 15 is 0 Å². The third-order valence-electron chi connectivity index (χ3n) is 3.12. The molecule has 0 aliphatic rings. The van der Waals surface area contributed by atoms with Crippen LogP contribution in [0.2, 0.25) is 0 Å². The van der Waals surface area contributed by atoms with Crippen molar-refractivity contribution in [3.05, 3.63) is 23.8 Å². The van der Waals surface area contributed by atoms with E-state index in [2.05, 4.69) is 21.9 Å². The van der Waals surface area contributed by atoms with E-state index in [0.717, 1.165) is 18.8 Å². The Kier molecular flexibility index (Phi) is 9.31. The zero-order valence-electron chi connectivity index (χ0n) is 14.3. The highest BCUT2D eigenvalue weighted by molar-refractivity contribution is 7.98. The lowest BCUT2D eigenvalue weighted by Gasteiger charge is -2.14. The molecule has 1 unspecified atom stereocenters. The molecule has 23 heavy (non-hydrogen) atoms. The van der Waals surface area contributed by atoms with Gasteiger partial charge in [0.15, 0.2) is 5.96 Å². The number of hydrogen-bond acceptors (Lipinski definition) is 5. The van der Waals surface area contributed by atoms with Crippen LogP contribution in [0, 0.1) is 0 Å². The van der Waals surface area contributed by atoms with Crippen LogP contribution in [0.3, 0.4) is 0 Å². The van der Waals surface area contributed by atoms with Crippen molar-refractivity contribution in [3.63, 3.8) is 0 Å². The molecule has 0 aliphatic heterocycles. The van der Waals surface area contributed by atoms with Crippen LogP contribution in [0.25, 0.3) is 0 Å². The van der Waals surface area contributed by atoms with E-state index in [1.807, 2.05) is 6.92 Å². The van der Waals surface area contributed by atoms with E-state index < -0.39 is 6.10 Å². The summed E-state index contributed by atoms with van der Waals surface area (Å²) in [6, 6.07) is 5.35. The first-order valence-electron chi connectivity index (χ1n) is 7.56. The summed E-state index contributed by atoms with van der Waals surface area (Å²) in [7, 11) is 3.17. The molecule has 0 heterocycles. The second-order valence-electron chi connectivity index (χ2n) is 4.80. The molecule has 0 aromatic heterocycles. The van der Waals surface area contributed by atoms with Crippen molar-refractivity contribution in [2.24, 2.45) is 4.99 Å². The SMILES string of the molecule is CCNC(=NCC(O)c1cc(OC)cc(OC)c1)NCCSC. The van der Waals surface area contributed by atoms with E-state index in [-0.39, 0.29) is 6.54 Å². The number of ether oxygens (including phenoxy) is 2. The number of rotatable bonds is 9. The number of aliphatic imine (C=N–C) groups is 1. The van der Waals surface area contributed by atoms with Crippen LogP contribution in [0.5, 0.6) is 11.5 Å². The van der Waals surface area contributed by atoms with Gasteiger partial charge in [0.25, 0.3) is 0 Å². The van der Waals surface area contributed by atoms with Crippen molar-refractivity contribution < 1.29 is 14.6 Å². The van der Waals surface area contributed by atoms with Crippen molar-refractivity contribution in [2.45, 2.75) is 13.0 Å². The van der Waals surface area contributed by atoms with Crippen molar-refractivity contribution in [1.82, 2.24) is 10.6 Å². The summed E-state index contributed by atoms with van der Waals surface area (Å²) in [5.74, 6) is 3.00. The highest BCUT2D eigenvalue weighted by atomic mass is 32.2. The maximum atomic E-state index is 10.4.